The van der Waals surface area contributed by atoms with Gasteiger partial charge >= 0.3 is 0 Å². The Labute approximate surface area is 133 Å². The summed E-state index contributed by atoms with van der Waals surface area (Å²) in [4.78, 5) is 11.9. The number of nitriles is 1. The van der Waals surface area contributed by atoms with Crippen LogP contribution in [0.5, 0.6) is 11.5 Å². The van der Waals surface area contributed by atoms with Gasteiger partial charge in [-0.15, -0.1) is 0 Å². The maximum atomic E-state index is 11.9. The van der Waals surface area contributed by atoms with Gasteiger partial charge in [0.05, 0.1) is 18.2 Å². The Kier molecular flexibility index (Phi) is 4.41. The molecule has 6 heteroatoms. The third-order valence-corrected chi connectivity index (χ3v) is 3.33. The van der Waals surface area contributed by atoms with Gasteiger partial charge in [-0.25, -0.2) is 0 Å². The Balaban J connectivity index is 1.48. The standard InChI is InChI=1S/C17H15N3O3/c18-8-12-2-1-3-14(6-12)20-17(21)10-19-9-13-4-5-15-16(7-13)23-11-22-15/h1-7,19H,9-11H2,(H,20,21). The molecule has 0 atom stereocenters. The van der Waals surface area contributed by atoms with Gasteiger partial charge in [0, 0.05) is 12.2 Å². The SMILES string of the molecule is N#Cc1cccc(NC(=O)CNCc2ccc3c(c2)OCO3)c1. The molecule has 0 bridgehead atoms. The average molecular weight is 309 g/mol. The van der Waals surface area contributed by atoms with Crippen molar-refractivity contribution in [3.8, 4) is 17.6 Å². The van der Waals surface area contributed by atoms with Crippen LogP contribution in [0.3, 0.4) is 0 Å². The van der Waals surface area contributed by atoms with Crippen LogP contribution in [-0.2, 0) is 11.3 Å². The van der Waals surface area contributed by atoms with Crippen molar-refractivity contribution >= 4 is 11.6 Å². The van der Waals surface area contributed by atoms with Gasteiger partial charge in [0.15, 0.2) is 11.5 Å². The van der Waals surface area contributed by atoms with Crippen molar-refractivity contribution in [2.75, 3.05) is 18.7 Å². The normalized spacial score (nSPS) is 11.8. The Hall–Kier alpha value is -3.04. The summed E-state index contributed by atoms with van der Waals surface area (Å²) in [5.74, 6) is 1.30. The lowest BCUT2D eigenvalue weighted by Crippen LogP contribution is -2.27. The molecule has 1 aliphatic rings. The molecule has 0 unspecified atom stereocenters. The second-order valence-electron chi connectivity index (χ2n) is 5.03. The maximum Gasteiger partial charge on any atom is 0.238 e. The van der Waals surface area contributed by atoms with Gasteiger partial charge < -0.3 is 20.1 Å². The molecule has 23 heavy (non-hydrogen) atoms. The molecule has 2 N–H and O–H groups in total. The van der Waals surface area contributed by atoms with Gasteiger partial charge in [-0.05, 0) is 35.9 Å². The van der Waals surface area contributed by atoms with Crippen molar-refractivity contribution in [1.29, 1.82) is 5.26 Å². The highest BCUT2D eigenvalue weighted by molar-refractivity contribution is 5.92. The fraction of sp³-hybridized carbons (Fsp3) is 0.176. The van der Waals surface area contributed by atoms with E-state index < -0.39 is 0 Å². The van der Waals surface area contributed by atoms with Crippen LogP contribution < -0.4 is 20.1 Å². The van der Waals surface area contributed by atoms with Crippen LogP contribution in [0.2, 0.25) is 0 Å². The van der Waals surface area contributed by atoms with Crippen molar-refractivity contribution < 1.29 is 14.3 Å². The summed E-state index contributed by atoms with van der Waals surface area (Å²) in [5.41, 5.74) is 2.13. The largest absolute Gasteiger partial charge is 0.454 e. The van der Waals surface area contributed by atoms with E-state index in [1.165, 1.54) is 0 Å². The number of rotatable bonds is 5. The topological polar surface area (TPSA) is 83.4 Å². The van der Waals surface area contributed by atoms with Crippen LogP contribution in [0.4, 0.5) is 5.69 Å². The fourth-order valence-electron chi connectivity index (χ4n) is 2.24. The second kappa shape index (κ2) is 6.81. The lowest BCUT2D eigenvalue weighted by molar-refractivity contribution is -0.115. The Morgan fingerprint density at radius 1 is 1.17 bits per heavy atom. The molecule has 0 radical (unpaired) electrons. The second-order valence-corrected chi connectivity index (χ2v) is 5.03. The molecule has 1 heterocycles. The van der Waals surface area contributed by atoms with Crippen molar-refractivity contribution in [2.45, 2.75) is 6.54 Å². The molecule has 1 aliphatic heterocycles. The monoisotopic (exact) mass is 309 g/mol. The van der Waals surface area contributed by atoms with E-state index in [0.29, 0.717) is 17.8 Å². The van der Waals surface area contributed by atoms with E-state index in [4.69, 9.17) is 14.7 Å². The van der Waals surface area contributed by atoms with Gasteiger partial charge in [0.1, 0.15) is 0 Å². The van der Waals surface area contributed by atoms with Crippen molar-refractivity contribution in [3.05, 3.63) is 53.6 Å². The summed E-state index contributed by atoms with van der Waals surface area (Å²) in [7, 11) is 0. The summed E-state index contributed by atoms with van der Waals surface area (Å²) in [5, 5.41) is 14.7. The minimum absolute atomic E-state index is 0.166. The molecule has 1 amide bonds. The first kappa shape index (κ1) is 14.9. The number of ether oxygens (including phenoxy) is 2. The van der Waals surface area contributed by atoms with E-state index in [1.54, 1.807) is 24.3 Å². The number of amides is 1. The van der Waals surface area contributed by atoms with Crippen molar-refractivity contribution in [2.24, 2.45) is 0 Å². The van der Waals surface area contributed by atoms with Crippen LogP contribution in [0.25, 0.3) is 0 Å². The predicted octanol–water partition coefficient (Wildman–Crippen LogP) is 2.02. The highest BCUT2D eigenvalue weighted by atomic mass is 16.7. The highest BCUT2D eigenvalue weighted by Crippen LogP contribution is 2.32. The van der Waals surface area contributed by atoms with Gasteiger partial charge in [-0.1, -0.05) is 12.1 Å². The molecule has 0 fully saturated rings. The number of carbonyl (C=O) groups excluding carboxylic acids is 1. The molecular weight excluding hydrogens is 294 g/mol. The third kappa shape index (κ3) is 3.78. The quantitative estimate of drug-likeness (QED) is 0.883. The van der Waals surface area contributed by atoms with E-state index in [1.807, 2.05) is 24.3 Å². The van der Waals surface area contributed by atoms with E-state index in [9.17, 15) is 4.79 Å². The number of nitrogens with zero attached hydrogens (tertiary/aromatic N) is 1. The smallest absolute Gasteiger partial charge is 0.238 e. The van der Waals surface area contributed by atoms with E-state index in [-0.39, 0.29) is 19.2 Å². The van der Waals surface area contributed by atoms with E-state index >= 15 is 0 Å². The Morgan fingerprint density at radius 3 is 2.91 bits per heavy atom. The molecule has 0 saturated carbocycles. The zero-order valence-corrected chi connectivity index (χ0v) is 12.3. The Morgan fingerprint density at radius 2 is 2.04 bits per heavy atom. The molecule has 0 spiro atoms. The van der Waals surface area contributed by atoms with Gasteiger partial charge in [-0.2, -0.15) is 5.26 Å². The summed E-state index contributed by atoms with van der Waals surface area (Å²) >= 11 is 0. The third-order valence-electron chi connectivity index (χ3n) is 3.33. The molecule has 2 aromatic carbocycles. The molecular formula is C17H15N3O3. The molecule has 0 aliphatic carbocycles. The molecule has 0 saturated heterocycles. The molecule has 6 nitrogen and oxygen atoms in total. The average Bonchev–Trinajstić information content (AvgIpc) is 3.02. The first-order chi connectivity index (χ1) is 11.2. The van der Waals surface area contributed by atoms with Crippen LogP contribution in [0.1, 0.15) is 11.1 Å². The first-order valence-electron chi connectivity index (χ1n) is 7.14. The lowest BCUT2D eigenvalue weighted by Gasteiger charge is -2.07. The van der Waals surface area contributed by atoms with Gasteiger partial charge in [0.25, 0.3) is 0 Å². The van der Waals surface area contributed by atoms with Crippen LogP contribution >= 0.6 is 0 Å². The number of carbonyl (C=O) groups is 1. The zero-order valence-electron chi connectivity index (χ0n) is 12.3. The van der Waals surface area contributed by atoms with Crippen LogP contribution in [0, 0.1) is 11.3 Å². The van der Waals surface area contributed by atoms with Crippen LogP contribution in [0.15, 0.2) is 42.5 Å². The van der Waals surface area contributed by atoms with Crippen molar-refractivity contribution in [3.63, 3.8) is 0 Å². The molecule has 0 aromatic heterocycles. The van der Waals surface area contributed by atoms with Crippen molar-refractivity contribution in [1.82, 2.24) is 5.32 Å². The van der Waals surface area contributed by atoms with Gasteiger partial charge in [-0.3, -0.25) is 4.79 Å². The number of fused-ring (bicyclic) bond motifs is 1. The summed E-state index contributed by atoms with van der Waals surface area (Å²) in [6.07, 6.45) is 0. The first-order valence-corrected chi connectivity index (χ1v) is 7.14. The Bertz CT molecular complexity index is 768. The summed E-state index contributed by atoms with van der Waals surface area (Å²) < 4.78 is 10.6. The summed E-state index contributed by atoms with van der Waals surface area (Å²) in [6, 6.07) is 14.5. The number of benzene rings is 2. The number of hydrogen-bond donors (Lipinski definition) is 2. The number of hydrogen-bond acceptors (Lipinski definition) is 5. The summed E-state index contributed by atoms with van der Waals surface area (Å²) in [6.45, 7) is 0.962. The molecule has 3 rings (SSSR count). The molecule has 116 valence electrons. The van der Waals surface area contributed by atoms with E-state index in [0.717, 1.165) is 17.1 Å². The number of nitrogens with one attached hydrogen (secondary N) is 2. The minimum atomic E-state index is -0.166. The maximum absolute atomic E-state index is 11.9. The fourth-order valence-corrected chi connectivity index (χ4v) is 2.24. The minimum Gasteiger partial charge on any atom is -0.454 e. The van der Waals surface area contributed by atoms with Crippen LogP contribution in [-0.4, -0.2) is 19.2 Å². The molecule has 2 aromatic rings. The highest BCUT2D eigenvalue weighted by Gasteiger charge is 2.13. The zero-order chi connectivity index (χ0) is 16.1. The van der Waals surface area contributed by atoms with E-state index in [2.05, 4.69) is 10.6 Å². The lowest BCUT2D eigenvalue weighted by atomic mass is 10.2. The predicted molar refractivity (Wildman–Crippen MR) is 84.1 cm³/mol. The van der Waals surface area contributed by atoms with Gasteiger partial charge in [0.2, 0.25) is 12.7 Å². The number of anilines is 1.